The molecule has 1 aromatic heterocycles. The number of amides is 1. The third kappa shape index (κ3) is 5.05. The van der Waals surface area contributed by atoms with Crippen molar-refractivity contribution in [2.45, 2.75) is 17.7 Å². The fraction of sp³-hybridized carbons (Fsp3) is 0.200. The molecule has 3 N–H and O–H groups in total. The van der Waals surface area contributed by atoms with Crippen molar-refractivity contribution >= 4 is 27.5 Å². The van der Waals surface area contributed by atoms with Gasteiger partial charge in [0.1, 0.15) is 11.4 Å². The highest BCUT2D eigenvalue weighted by Gasteiger charge is 2.24. The Morgan fingerprint density at radius 1 is 1.29 bits per heavy atom. The summed E-state index contributed by atoms with van der Waals surface area (Å²) in [4.78, 5) is 16.0. The summed E-state index contributed by atoms with van der Waals surface area (Å²) < 4.78 is 35.2. The summed E-state index contributed by atoms with van der Waals surface area (Å²) in [7, 11) is -1.35. The van der Waals surface area contributed by atoms with E-state index >= 15 is 0 Å². The maximum Gasteiger partial charge on any atom is 0.246 e. The normalized spacial score (nSPS) is 11.4. The number of hydroxylamine groups is 2. The molecule has 0 atom stereocenters. The quantitative estimate of drug-likeness (QED) is 0.404. The average Bonchev–Trinajstić information content (AvgIpc) is 3.15. The molecule has 0 unspecified atom stereocenters. The number of benzene rings is 2. The lowest BCUT2D eigenvalue weighted by atomic mass is 10.1. The van der Waals surface area contributed by atoms with Crippen LogP contribution in [0.25, 0.3) is 22.6 Å². The van der Waals surface area contributed by atoms with Crippen molar-refractivity contribution in [3.63, 3.8) is 0 Å². The predicted octanol–water partition coefficient (Wildman–Crippen LogP) is 3.10. The molecule has 3 aromatic rings. The largest absolute Gasteiger partial charge is 0.495 e. The number of nitrogens with zero attached hydrogens (tertiary/aromatic N) is 2. The molecule has 0 saturated heterocycles. The van der Waals surface area contributed by atoms with Crippen LogP contribution in [-0.2, 0) is 21.2 Å². The number of hydrogen-bond acceptors (Lipinski definition) is 7. The maximum atomic E-state index is 12.1. The van der Waals surface area contributed by atoms with Gasteiger partial charge in [-0.25, -0.2) is 23.6 Å². The molecule has 3 rings (SSSR count). The van der Waals surface area contributed by atoms with Crippen LogP contribution in [0.5, 0.6) is 5.75 Å². The number of ether oxygens (including phenoxy) is 1. The number of aryl methyl sites for hydroxylation is 1. The van der Waals surface area contributed by atoms with E-state index in [1.807, 2.05) is 0 Å². The van der Waals surface area contributed by atoms with Gasteiger partial charge >= 0.3 is 0 Å². The minimum atomic E-state index is -4.05. The van der Waals surface area contributed by atoms with Crippen molar-refractivity contribution in [1.82, 2.24) is 10.0 Å². The van der Waals surface area contributed by atoms with Crippen LogP contribution in [0.3, 0.4) is 0 Å². The number of nitrogens with two attached hydrogens (primary N) is 1. The zero-order valence-corrected chi connectivity index (χ0v) is 18.3. The lowest BCUT2D eigenvalue weighted by Gasteiger charge is -2.08. The number of carbonyl (C=O) groups is 1. The van der Waals surface area contributed by atoms with Crippen LogP contribution >= 0.6 is 11.6 Å². The van der Waals surface area contributed by atoms with Crippen LogP contribution in [0.2, 0.25) is 5.02 Å². The summed E-state index contributed by atoms with van der Waals surface area (Å²) in [5.41, 5.74) is 1.09. The number of methoxy groups -OCH3 is 1. The Morgan fingerprint density at radius 3 is 2.61 bits per heavy atom. The van der Waals surface area contributed by atoms with Crippen molar-refractivity contribution in [3.05, 3.63) is 53.4 Å². The molecule has 0 saturated carbocycles. The van der Waals surface area contributed by atoms with Crippen LogP contribution in [0, 0.1) is 0 Å². The molecular weight excluding hydrogens is 446 g/mol. The minimum absolute atomic E-state index is 0.0629. The number of carbonyl (C=O) groups excluding carboxylic acids is 1. The van der Waals surface area contributed by atoms with Gasteiger partial charge in [0, 0.05) is 31.0 Å². The second-order valence-corrected chi connectivity index (χ2v) is 8.53. The van der Waals surface area contributed by atoms with E-state index < -0.39 is 15.9 Å². The number of halogens is 1. The molecule has 0 bridgehead atoms. The number of oxazole rings is 1. The first-order valence-electron chi connectivity index (χ1n) is 9.03. The summed E-state index contributed by atoms with van der Waals surface area (Å²) in [5, 5.41) is 15.4. The molecule has 11 heteroatoms. The van der Waals surface area contributed by atoms with Crippen molar-refractivity contribution < 1.29 is 27.6 Å². The second-order valence-electron chi connectivity index (χ2n) is 6.59. The molecule has 0 spiro atoms. The summed E-state index contributed by atoms with van der Waals surface area (Å²) in [6.45, 7) is 0. The molecular formula is C20H20ClN3O6S. The van der Waals surface area contributed by atoms with E-state index in [1.54, 1.807) is 36.4 Å². The highest BCUT2D eigenvalue weighted by atomic mass is 35.5. The van der Waals surface area contributed by atoms with Crippen LogP contribution in [-0.4, -0.2) is 43.7 Å². The minimum Gasteiger partial charge on any atom is -0.495 e. The topological polar surface area (TPSA) is 136 Å². The molecule has 9 nitrogen and oxygen atoms in total. The fourth-order valence-corrected chi connectivity index (χ4v) is 3.93. The number of hydrogen-bond donors (Lipinski definition) is 2. The second kappa shape index (κ2) is 9.06. The summed E-state index contributed by atoms with van der Waals surface area (Å²) in [6, 6.07) is 11.0. The Labute approximate surface area is 184 Å². The monoisotopic (exact) mass is 465 g/mol. The first-order valence-corrected chi connectivity index (χ1v) is 11.0. The molecule has 31 heavy (non-hydrogen) atoms. The SMILES string of the molecule is COc1ccc(-c2nc(CCC(=O)N(C)O)oc2-c2ccccc2S(N)(=O)=O)cc1Cl. The molecule has 0 aliphatic heterocycles. The van der Waals surface area contributed by atoms with Gasteiger partial charge in [0.15, 0.2) is 11.7 Å². The van der Waals surface area contributed by atoms with Gasteiger partial charge in [0.2, 0.25) is 15.9 Å². The van der Waals surface area contributed by atoms with Gasteiger partial charge in [0.25, 0.3) is 0 Å². The van der Waals surface area contributed by atoms with Crippen molar-refractivity contribution in [2.24, 2.45) is 5.14 Å². The summed E-state index contributed by atoms with van der Waals surface area (Å²) >= 11 is 6.25. The van der Waals surface area contributed by atoms with Gasteiger partial charge in [0.05, 0.1) is 17.0 Å². The third-order valence-electron chi connectivity index (χ3n) is 4.45. The number of aromatic nitrogens is 1. The van der Waals surface area contributed by atoms with Gasteiger partial charge in [-0.05, 0) is 30.3 Å². The fourth-order valence-electron chi connectivity index (χ4n) is 2.94. The van der Waals surface area contributed by atoms with E-state index in [4.69, 9.17) is 25.9 Å². The van der Waals surface area contributed by atoms with Gasteiger partial charge in [-0.15, -0.1) is 0 Å². The predicted molar refractivity (Wildman–Crippen MR) is 113 cm³/mol. The smallest absolute Gasteiger partial charge is 0.246 e. The maximum absolute atomic E-state index is 12.1. The molecule has 0 radical (unpaired) electrons. The number of primary sulfonamides is 1. The van der Waals surface area contributed by atoms with E-state index in [-0.39, 0.29) is 35.0 Å². The Bertz CT molecular complexity index is 1220. The van der Waals surface area contributed by atoms with Crippen LogP contribution in [0.15, 0.2) is 51.8 Å². The Hall–Kier alpha value is -2.92. The molecule has 164 valence electrons. The Balaban J connectivity index is 2.16. The molecule has 0 fully saturated rings. The zero-order valence-electron chi connectivity index (χ0n) is 16.7. The average molecular weight is 466 g/mol. The van der Waals surface area contributed by atoms with Gasteiger partial charge < -0.3 is 9.15 Å². The summed E-state index contributed by atoms with van der Waals surface area (Å²) in [5.74, 6) is 0.262. The van der Waals surface area contributed by atoms with Crippen LogP contribution < -0.4 is 9.88 Å². The van der Waals surface area contributed by atoms with Gasteiger partial charge in [-0.2, -0.15) is 0 Å². The van der Waals surface area contributed by atoms with Crippen molar-refractivity contribution in [1.29, 1.82) is 0 Å². The van der Waals surface area contributed by atoms with E-state index in [1.165, 1.54) is 20.2 Å². The van der Waals surface area contributed by atoms with Crippen molar-refractivity contribution in [2.75, 3.05) is 14.2 Å². The van der Waals surface area contributed by atoms with Crippen LogP contribution in [0.1, 0.15) is 12.3 Å². The third-order valence-corrected chi connectivity index (χ3v) is 5.71. The number of sulfonamides is 1. The van der Waals surface area contributed by atoms with Gasteiger partial charge in [-0.1, -0.05) is 23.7 Å². The van der Waals surface area contributed by atoms with E-state index in [0.717, 1.165) is 0 Å². The standard InChI is InChI=1S/C20H20ClN3O6S/c1-24(26)18(25)10-9-17-23-19(12-7-8-15(29-2)14(21)11-12)20(30-17)13-5-3-4-6-16(13)31(22,27)28/h3-8,11,26H,9-10H2,1-2H3,(H2,22,27,28). The lowest BCUT2D eigenvalue weighted by Crippen LogP contribution is -2.22. The molecule has 0 aliphatic rings. The van der Waals surface area contributed by atoms with E-state index in [2.05, 4.69) is 4.98 Å². The van der Waals surface area contributed by atoms with E-state index in [9.17, 15) is 18.4 Å². The summed E-state index contributed by atoms with van der Waals surface area (Å²) in [6.07, 6.45) is 0.0186. The molecule has 2 aromatic carbocycles. The first kappa shape index (κ1) is 22.8. The lowest BCUT2D eigenvalue weighted by molar-refractivity contribution is -0.159. The molecule has 1 amide bonds. The van der Waals surface area contributed by atoms with Crippen molar-refractivity contribution in [3.8, 4) is 28.3 Å². The zero-order chi connectivity index (χ0) is 22.8. The molecule has 1 heterocycles. The van der Waals surface area contributed by atoms with E-state index in [0.29, 0.717) is 27.1 Å². The Morgan fingerprint density at radius 2 is 2.00 bits per heavy atom. The molecule has 0 aliphatic carbocycles. The first-order chi connectivity index (χ1) is 14.6. The number of rotatable bonds is 7. The Kier molecular flexibility index (Phi) is 6.65. The highest BCUT2D eigenvalue weighted by Crippen LogP contribution is 2.38. The van der Waals surface area contributed by atoms with Gasteiger partial charge in [-0.3, -0.25) is 10.0 Å². The highest BCUT2D eigenvalue weighted by molar-refractivity contribution is 7.89. The van der Waals surface area contributed by atoms with Crippen LogP contribution in [0.4, 0.5) is 0 Å².